The van der Waals surface area contributed by atoms with E-state index >= 15 is 0 Å². The number of hydroxylamine groups is 1. The summed E-state index contributed by atoms with van der Waals surface area (Å²) in [7, 11) is 0. The first-order valence-corrected chi connectivity index (χ1v) is 10.7. The van der Waals surface area contributed by atoms with Gasteiger partial charge in [0.1, 0.15) is 12.1 Å². The molecule has 4 rings (SSSR count). The highest BCUT2D eigenvalue weighted by atomic mass is 127. The quantitative estimate of drug-likeness (QED) is 0.165. The van der Waals surface area contributed by atoms with Crippen LogP contribution in [-0.4, -0.2) is 27.0 Å². The molecular formula is C23H18IN5O3. The van der Waals surface area contributed by atoms with Gasteiger partial charge in [-0.1, -0.05) is 12.1 Å². The number of nitrogens with zero attached hydrogens (tertiary/aromatic N) is 2. The fourth-order valence-electron chi connectivity index (χ4n) is 3.13. The lowest BCUT2D eigenvalue weighted by Crippen LogP contribution is -2.18. The number of anilines is 3. The summed E-state index contributed by atoms with van der Waals surface area (Å²) >= 11 is 2.25. The Morgan fingerprint density at radius 3 is 2.34 bits per heavy atom. The minimum atomic E-state index is -0.603. The SMILES string of the molecule is O=C(Cc1ccc(C(=O)NO)cc1)Nc1ccc2ncnc(Nc3ccc(I)cc3)c2c1. The van der Waals surface area contributed by atoms with Crippen molar-refractivity contribution in [3.63, 3.8) is 0 Å². The molecule has 0 saturated heterocycles. The number of fused-ring (bicyclic) bond motifs is 1. The summed E-state index contributed by atoms with van der Waals surface area (Å²) in [6.07, 6.45) is 1.63. The molecular weight excluding hydrogens is 521 g/mol. The summed E-state index contributed by atoms with van der Waals surface area (Å²) in [6, 6.07) is 19.8. The Hall–Kier alpha value is -3.57. The van der Waals surface area contributed by atoms with Crippen LogP contribution in [0.3, 0.4) is 0 Å². The van der Waals surface area contributed by atoms with Gasteiger partial charge in [-0.05, 0) is 82.8 Å². The van der Waals surface area contributed by atoms with Gasteiger partial charge in [-0.3, -0.25) is 14.8 Å². The molecule has 0 atom stereocenters. The fourth-order valence-corrected chi connectivity index (χ4v) is 3.49. The van der Waals surface area contributed by atoms with Gasteiger partial charge in [0.05, 0.1) is 11.9 Å². The first-order valence-electron chi connectivity index (χ1n) is 9.62. The summed E-state index contributed by atoms with van der Waals surface area (Å²) in [5.41, 5.74) is 4.90. The Labute approximate surface area is 197 Å². The average Bonchev–Trinajstić information content (AvgIpc) is 2.81. The predicted molar refractivity (Wildman–Crippen MR) is 130 cm³/mol. The minimum absolute atomic E-state index is 0.137. The molecule has 0 aliphatic carbocycles. The summed E-state index contributed by atoms with van der Waals surface area (Å²) in [6.45, 7) is 0. The lowest BCUT2D eigenvalue weighted by atomic mass is 10.1. The number of nitrogens with one attached hydrogen (secondary N) is 3. The zero-order valence-corrected chi connectivity index (χ0v) is 18.8. The maximum Gasteiger partial charge on any atom is 0.274 e. The van der Waals surface area contributed by atoms with Crippen LogP contribution in [0.15, 0.2) is 73.1 Å². The first-order chi connectivity index (χ1) is 15.5. The molecule has 0 spiro atoms. The van der Waals surface area contributed by atoms with E-state index in [-0.39, 0.29) is 12.3 Å². The monoisotopic (exact) mass is 539 g/mol. The van der Waals surface area contributed by atoms with E-state index in [4.69, 9.17) is 5.21 Å². The molecule has 8 nitrogen and oxygen atoms in total. The third-order valence-corrected chi connectivity index (χ3v) is 5.43. The van der Waals surface area contributed by atoms with Crippen LogP contribution < -0.4 is 16.1 Å². The van der Waals surface area contributed by atoms with Gasteiger partial charge < -0.3 is 10.6 Å². The van der Waals surface area contributed by atoms with Gasteiger partial charge in [0, 0.05) is 25.9 Å². The van der Waals surface area contributed by atoms with Gasteiger partial charge in [0.15, 0.2) is 0 Å². The number of hydrogen-bond donors (Lipinski definition) is 4. The molecule has 0 radical (unpaired) electrons. The van der Waals surface area contributed by atoms with Crippen molar-refractivity contribution >= 4 is 62.5 Å². The van der Waals surface area contributed by atoms with Crippen molar-refractivity contribution in [3.05, 3.63) is 87.8 Å². The van der Waals surface area contributed by atoms with Crippen LogP contribution in [0.2, 0.25) is 0 Å². The van der Waals surface area contributed by atoms with E-state index in [9.17, 15) is 9.59 Å². The Bertz CT molecular complexity index is 1280. The predicted octanol–water partition coefficient (Wildman–Crippen LogP) is 4.28. The molecule has 4 N–H and O–H groups in total. The van der Waals surface area contributed by atoms with Gasteiger partial charge >= 0.3 is 0 Å². The van der Waals surface area contributed by atoms with Crippen molar-refractivity contribution in [2.24, 2.45) is 0 Å². The Balaban J connectivity index is 1.50. The zero-order chi connectivity index (χ0) is 22.5. The number of benzene rings is 3. The fraction of sp³-hybridized carbons (Fsp3) is 0.0435. The van der Waals surface area contributed by atoms with Crippen LogP contribution in [0.1, 0.15) is 15.9 Å². The second-order valence-corrected chi connectivity index (χ2v) is 8.19. The standard InChI is InChI=1S/C23H18IN5O3/c24-16-5-7-17(8-6-16)28-22-19-12-18(9-10-20(19)25-13-26-22)27-21(30)11-14-1-3-15(4-2-14)23(31)29-32/h1-10,12-13,32H,11H2,(H,27,30)(H,29,31)(H,25,26,28). The molecule has 0 saturated carbocycles. The summed E-state index contributed by atoms with van der Waals surface area (Å²) in [5.74, 6) is -0.160. The van der Waals surface area contributed by atoms with E-state index in [1.807, 2.05) is 36.4 Å². The normalized spacial score (nSPS) is 10.6. The Morgan fingerprint density at radius 2 is 1.62 bits per heavy atom. The maximum absolute atomic E-state index is 12.5. The molecule has 3 aromatic carbocycles. The maximum atomic E-state index is 12.5. The molecule has 32 heavy (non-hydrogen) atoms. The average molecular weight is 539 g/mol. The Morgan fingerprint density at radius 1 is 0.906 bits per heavy atom. The van der Waals surface area contributed by atoms with Crippen molar-refractivity contribution in [1.82, 2.24) is 15.4 Å². The number of carbonyl (C=O) groups excluding carboxylic acids is 2. The zero-order valence-electron chi connectivity index (χ0n) is 16.7. The van der Waals surface area contributed by atoms with E-state index < -0.39 is 5.91 Å². The second kappa shape index (κ2) is 9.71. The molecule has 0 fully saturated rings. The molecule has 160 valence electrons. The number of halogens is 1. The molecule has 0 unspecified atom stereocenters. The lowest BCUT2D eigenvalue weighted by Gasteiger charge is -2.11. The molecule has 0 bridgehead atoms. The number of carbonyl (C=O) groups is 2. The van der Waals surface area contributed by atoms with E-state index in [2.05, 4.69) is 43.2 Å². The smallest absolute Gasteiger partial charge is 0.274 e. The van der Waals surface area contributed by atoms with E-state index in [1.54, 1.807) is 35.8 Å². The van der Waals surface area contributed by atoms with Crippen LogP contribution in [0.4, 0.5) is 17.2 Å². The number of amides is 2. The summed E-state index contributed by atoms with van der Waals surface area (Å²) in [5, 5.41) is 15.6. The minimum Gasteiger partial charge on any atom is -0.340 e. The van der Waals surface area contributed by atoms with E-state index in [0.717, 1.165) is 25.7 Å². The van der Waals surface area contributed by atoms with Crippen molar-refractivity contribution in [3.8, 4) is 0 Å². The van der Waals surface area contributed by atoms with Crippen molar-refractivity contribution in [1.29, 1.82) is 0 Å². The summed E-state index contributed by atoms with van der Waals surface area (Å²) in [4.78, 5) is 32.6. The molecule has 0 aliphatic heterocycles. The highest BCUT2D eigenvalue weighted by Crippen LogP contribution is 2.26. The third kappa shape index (κ3) is 5.18. The largest absolute Gasteiger partial charge is 0.340 e. The van der Waals surface area contributed by atoms with E-state index in [0.29, 0.717) is 17.1 Å². The molecule has 1 heterocycles. The van der Waals surface area contributed by atoms with Gasteiger partial charge in [0.25, 0.3) is 5.91 Å². The van der Waals surface area contributed by atoms with Crippen molar-refractivity contribution in [2.45, 2.75) is 6.42 Å². The third-order valence-electron chi connectivity index (χ3n) is 4.71. The van der Waals surface area contributed by atoms with Crippen LogP contribution in [0.25, 0.3) is 10.9 Å². The van der Waals surface area contributed by atoms with Crippen LogP contribution >= 0.6 is 22.6 Å². The van der Waals surface area contributed by atoms with Crippen LogP contribution in [-0.2, 0) is 11.2 Å². The number of aromatic nitrogens is 2. The van der Waals surface area contributed by atoms with Gasteiger partial charge in [0.2, 0.25) is 5.91 Å². The number of rotatable bonds is 6. The van der Waals surface area contributed by atoms with Gasteiger partial charge in [-0.25, -0.2) is 15.4 Å². The molecule has 9 heteroatoms. The highest BCUT2D eigenvalue weighted by Gasteiger charge is 2.10. The highest BCUT2D eigenvalue weighted by molar-refractivity contribution is 14.1. The van der Waals surface area contributed by atoms with Crippen LogP contribution in [0.5, 0.6) is 0 Å². The number of hydrogen-bond acceptors (Lipinski definition) is 6. The van der Waals surface area contributed by atoms with Crippen LogP contribution in [0, 0.1) is 3.57 Å². The molecule has 4 aromatic rings. The molecule has 1 aromatic heterocycles. The topological polar surface area (TPSA) is 116 Å². The van der Waals surface area contributed by atoms with E-state index in [1.165, 1.54) is 6.33 Å². The Kier molecular flexibility index (Phi) is 6.57. The van der Waals surface area contributed by atoms with Gasteiger partial charge in [-0.15, -0.1) is 0 Å². The first kappa shape index (κ1) is 21.7. The lowest BCUT2D eigenvalue weighted by molar-refractivity contribution is -0.115. The molecule has 0 aliphatic rings. The van der Waals surface area contributed by atoms with Gasteiger partial charge in [-0.2, -0.15) is 0 Å². The second-order valence-electron chi connectivity index (χ2n) is 6.95. The van der Waals surface area contributed by atoms with Crippen molar-refractivity contribution in [2.75, 3.05) is 10.6 Å². The summed E-state index contributed by atoms with van der Waals surface area (Å²) < 4.78 is 1.14. The molecule has 2 amide bonds. The van der Waals surface area contributed by atoms with Crippen molar-refractivity contribution < 1.29 is 14.8 Å².